The van der Waals surface area contributed by atoms with Crippen molar-refractivity contribution in [1.82, 2.24) is 14.5 Å². The highest BCUT2D eigenvalue weighted by Gasteiger charge is 2.53. The molecule has 2 unspecified atom stereocenters. The fourth-order valence-electron chi connectivity index (χ4n) is 3.33. The molecule has 1 aliphatic rings. The summed E-state index contributed by atoms with van der Waals surface area (Å²) in [5.41, 5.74) is 4.36. The number of rotatable bonds is 6. The summed E-state index contributed by atoms with van der Waals surface area (Å²) in [5.74, 6) is -1.25. The van der Waals surface area contributed by atoms with E-state index in [-0.39, 0.29) is 29.0 Å². The molecule has 11 heteroatoms. The van der Waals surface area contributed by atoms with Crippen LogP contribution in [0.3, 0.4) is 0 Å². The Morgan fingerprint density at radius 2 is 2.14 bits per heavy atom. The predicted molar refractivity (Wildman–Crippen MR) is 95.1 cm³/mol. The molecule has 1 fully saturated rings. The van der Waals surface area contributed by atoms with Gasteiger partial charge in [0, 0.05) is 11.8 Å². The molecule has 28 heavy (non-hydrogen) atoms. The van der Waals surface area contributed by atoms with Crippen molar-refractivity contribution in [2.24, 2.45) is 0 Å². The van der Waals surface area contributed by atoms with Crippen LogP contribution in [-0.2, 0) is 14.3 Å². The lowest BCUT2D eigenvalue weighted by Crippen LogP contribution is -2.44. The average Bonchev–Trinajstić information content (AvgIpc) is 3.12. The van der Waals surface area contributed by atoms with Crippen LogP contribution in [0.4, 0.5) is 5.82 Å². The molecular weight excluding hydrogens is 372 g/mol. The second kappa shape index (κ2) is 7.43. The minimum atomic E-state index is -1.79. The highest BCUT2D eigenvalue weighted by atomic mass is 16.6. The summed E-state index contributed by atoms with van der Waals surface area (Å²) in [6, 6.07) is 0. The first-order valence-electron chi connectivity index (χ1n) is 8.68. The molecule has 2 aromatic rings. The Morgan fingerprint density at radius 3 is 2.75 bits per heavy atom. The van der Waals surface area contributed by atoms with Crippen LogP contribution in [0, 0.1) is 0 Å². The number of ketones is 1. The van der Waals surface area contributed by atoms with Crippen LogP contribution in [0.2, 0.25) is 0 Å². The molecular formula is C17H22N4O7. The molecule has 0 aromatic carbocycles. The third-order valence-electron chi connectivity index (χ3n) is 4.74. The van der Waals surface area contributed by atoms with Crippen molar-refractivity contribution in [3.05, 3.63) is 18.1 Å². The molecule has 0 spiro atoms. The van der Waals surface area contributed by atoms with E-state index in [0.29, 0.717) is 0 Å². The molecule has 0 radical (unpaired) electrons. The topological polar surface area (TPSA) is 170 Å². The number of nitrogen functional groups attached to an aromatic ring is 1. The van der Waals surface area contributed by atoms with E-state index in [2.05, 4.69) is 9.97 Å². The lowest BCUT2D eigenvalue weighted by atomic mass is 9.96. The first-order valence-corrected chi connectivity index (χ1v) is 8.68. The minimum absolute atomic E-state index is 0.00727. The van der Waals surface area contributed by atoms with Crippen LogP contribution < -0.4 is 5.73 Å². The number of hydrogen-bond donors (Lipinski definition) is 4. The number of carbonyl (C=O) groups is 2. The Hall–Kier alpha value is -2.60. The zero-order valence-corrected chi connectivity index (χ0v) is 15.4. The maximum Gasteiger partial charge on any atom is 0.313 e. The second-order valence-corrected chi connectivity index (χ2v) is 6.69. The van der Waals surface area contributed by atoms with Gasteiger partial charge < -0.3 is 35.1 Å². The monoisotopic (exact) mass is 394 g/mol. The van der Waals surface area contributed by atoms with Gasteiger partial charge in [0.05, 0.1) is 18.6 Å². The zero-order valence-electron chi connectivity index (χ0n) is 15.4. The van der Waals surface area contributed by atoms with E-state index in [4.69, 9.17) is 15.2 Å². The molecule has 11 nitrogen and oxygen atoms in total. The van der Waals surface area contributed by atoms with Crippen molar-refractivity contribution in [2.45, 2.75) is 44.3 Å². The van der Waals surface area contributed by atoms with E-state index < -0.39 is 48.8 Å². The van der Waals surface area contributed by atoms with Gasteiger partial charge in [-0.25, -0.2) is 9.97 Å². The van der Waals surface area contributed by atoms with Gasteiger partial charge in [-0.05, 0) is 13.8 Å². The summed E-state index contributed by atoms with van der Waals surface area (Å²) in [6.07, 6.45) is -1.57. The maximum absolute atomic E-state index is 12.7. The first-order chi connectivity index (χ1) is 13.2. The molecule has 3 heterocycles. The van der Waals surface area contributed by atoms with Gasteiger partial charge in [0.2, 0.25) is 0 Å². The predicted octanol–water partition coefficient (Wildman–Crippen LogP) is -0.849. The molecule has 0 bridgehead atoms. The number of anilines is 1. The van der Waals surface area contributed by atoms with Gasteiger partial charge in [0.15, 0.2) is 12.0 Å². The van der Waals surface area contributed by atoms with E-state index in [1.54, 1.807) is 6.92 Å². The van der Waals surface area contributed by atoms with Crippen LogP contribution in [0.15, 0.2) is 12.5 Å². The zero-order chi connectivity index (χ0) is 20.6. The molecule has 5 N–H and O–H groups in total. The Bertz CT molecular complexity index is 910. The van der Waals surface area contributed by atoms with Gasteiger partial charge in [0.25, 0.3) is 0 Å². The molecule has 2 aromatic heterocycles. The molecule has 0 amide bonds. The number of esters is 1. The Balaban J connectivity index is 2.09. The Morgan fingerprint density at radius 1 is 1.43 bits per heavy atom. The Labute approximate surface area is 159 Å². The summed E-state index contributed by atoms with van der Waals surface area (Å²) in [4.78, 5) is 32.3. The summed E-state index contributed by atoms with van der Waals surface area (Å²) in [7, 11) is 0. The highest BCUT2D eigenvalue weighted by molar-refractivity contribution is 6.15. The molecule has 152 valence electrons. The second-order valence-electron chi connectivity index (χ2n) is 6.69. The SMILES string of the molecule is CCOC(=O)CC(=O)c1cn(C2O[C@H](CO)[C@@H](O)C2(C)O)c2ncnc(N)c12. The van der Waals surface area contributed by atoms with Crippen molar-refractivity contribution in [2.75, 3.05) is 18.9 Å². The van der Waals surface area contributed by atoms with Gasteiger partial charge >= 0.3 is 5.97 Å². The van der Waals surface area contributed by atoms with Crippen LogP contribution in [-0.4, -0.2) is 72.6 Å². The fraction of sp³-hybridized carbons (Fsp3) is 0.529. The van der Waals surface area contributed by atoms with E-state index in [1.807, 2.05) is 0 Å². The largest absolute Gasteiger partial charge is 0.466 e. The maximum atomic E-state index is 12.7. The molecule has 1 saturated heterocycles. The van der Waals surface area contributed by atoms with Gasteiger partial charge in [-0.3, -0.25) is 9.59 Å². The lowest BCUT2D eigenvalue weighted by Gasteiger charge is -2.27. The minimum Gasteiger partial charge on any atom is -0.466 e. The molecule has 0 saturated carbocycles. The molecule has 0 aliphatic carbocycles. The number of hydrogen-bond acceptors (Lipinski definition) is 10. The Kier molecular flexibility index (Phi) is 5.35. The van der Waals surface area contributed by atoms with Crippen LogP contribution in [0.5, 0.6) is 0 Å². The van der Waals surface area contributed by atoms with Crippen LogP contribution in [0.1, 0.15) is 36.9 Å². The number of fused-ring (bicyclic) bond motifs is 1. The summed E-state index contributed by atoms with van der Waals surface area (Å²) in [6.45, 7) is 2.59. The standard InChI is InChI=1S/C17H22N4O7/c1-3-27-11(24)4-9(23)8-5-21(15-12(8)14(18)19-7-20-15)16-17(2,26)13(25)10(6-22)28-16/h5,7,10,13,16,22,25-26H,3-4,6H2,1-2H3,(H2,18,19,20)/t10-,13-,16?,17?/m1/s1. The highest BCUT2D eigenvalue weighted by Crippen LogP contribution is 2.41. The normalized spacial score (nSPS) is 27.2. The third-order valence-corrected chi connectivity index (χ3v) is 4.74. The summed E-state index contributed by atoms with van der Waals surface area (Å²) >= 11 is 0. The van der Waals surface area contributed by atoms with E-state index in [0.717, 1.165) is 0 Å². The smallest absolute Gasteiger partial charge is 0.313 e. The summed E-state index contributed by atoms with van der Waals surface area (Å²) < 4.78 is 11.7. The van der Waals surface area contributed by atoms with Crippen LogP contribution >= 0.6 is 0 Å². The van der Waals surface area contributed by atoms with E-state index in [1.165, 1.54) is 24.0 Å². The van der Waals surface area contributed by atoms with Gasteiger partial charge in [-0.1, -0.05) is 0 Å². The van der Waals surface area contributed by atoms with Crippen LogP contribution in [0.25, 0.3) is 11.0 Å². The van der Waals surface area contributed by atoms with Crippen molar-refractivity contribution in [3.63, 3.8) is 0 Å². The fourth-order valence-corrected chi connectivity index (χ4v) is 3.33. The molecule has 3 rings (SSSR count). The molecule has 1 aliphatic heterocycles. The van der Waals surface area contributed by atoms with Gasteiger partial charge in [-0.2, -0.15) is 0 Å². The first kappa shape index (κ1) is 20.1. The number of Topliss-reactive ketones (excluding diaryl/α,β-unsaturated/α-hetero) is 1. The number of ether oxygens (including phenoxy) is 2. The molecule has 4 atom stereocenters. The number of aliphatic hydroxyl groups excluding tert-OH is 2. The van der Waals surface area contributed by atoms with E-state index in [9.17, 15) is 24.9 Å². The lowest BCUT2D eigenvalue weighted by molar-refractivity contribution is -0.141. The van der Waals surface area contributed by atoms with Crippen molar-refractivity contribution in [3.8, 4) is 0 Å². The number of nitrogens with zero attached hydrogens (tertiary/aromatic N) is 3. The van der Waals surface area contributed by atoms with Crippen molar-refractivity contribution < 1.29 is 34.4 Å². The van der Waals surface area contributed by atoms with Gasteiger partial charge in [0.1, 0.15) is 42.0 Å². The van der Waals surface area contributed by atoms with E-state index >= 15 is 0 Å². The van der Waals surface area contributed by atoms with Gasteiger partial charge in [-0.15, -0.1) is 0 Å². The summed E-state index contributed by atoms with van der Waals surface area (Å²) in [5, 5.41) is 30.5. The number of aromatic nitrogens is 3. The average molecular weight is 394 g/mol. The van der Waals surface area contributed by atoms with Crippen molar-refractivity contribution >= 4 is 28.6 Å². The van der Waals surface area contributed by atoms with Crippen molar-refractivity contribution in [1.29, 1.82) is 0 Å². The number of nitrogens with two attached hydrogens (primary N) is 1. The number of carbonyl (C=O) groups excluding carboxylic acids is 2. The number of aliphatic hydroxyl groups is 3. The quantitative estimate of drug-likeness (QED) is 0.275. The third kappa shape index (κ3) is 3.22.